The van der Waals surface area contributed by atoms with Crippen LogP contribution >= 0.6 is 31.9 Å². The van der Waals surface area contributed by atoms with Crippen LogP contribution in [0.5, 0.6) is 11.5 Å². The van der Waals surface area contributed by atoms with Gasteiger partial charge in [0.25, 0.3) is 5.91 Å². The number of hydrogen-bond acceptors (Lipinski definition) is 4. The average Bonchev–Trinajstić information content (AvgIpc) is 2.74. The van der Waals surface area contributed by atoms with E-state index >= 15 is 0 Å². The number of amides is 1. The number of nitrogens with one attached hydrogen (secondary N) is 1. The molecule has 0 heterocycles. The molecule has 0 saturated heterocycles. The number of carbonyl (C=O) groups excluding carboxylic acids is 1. The van der Waals surface area contributed by atoms with Crippen LogP contribution in [-0.2, 0) is 6.61 Å². The second-order valence-corrected chi connectivity index (χ2v) is 7.76. The van der Waals surface area contributed by atoms with E-state index in [2.05, 4.69) is 42.4 Å². The van der Waals surface area contributed by atoms with Crippen molar-refractivity contribution in [2.75, 3.05) is 7.11 Å². The molecule has 0 atom stereocenters. The van der Waals surface area contributed by atoms with Crippen molar-refractivity contribution in [2.45, 2.75) is 6.61 Å². The molecule has 5 nitrogen and oxygen atoms in total. The first-order chi connectivity index (χ1) is 14.1. The topological polar surface area (TPSA) is 59.9 Å². The van der Waals surface area contributed by atoms with E-state index in [1.165, 1.54) is 7.11 Å². The third-order valence-electron chi connectivity index (χ3n) is 4.02. The highest BCUT2D eigenvalue weighted by molar-refractivity contribution is 9.11. The van der Waals surface area contributed by atoms with Gasteiger partial charge >= 0.3 is 0 Å². The van der Waals surface area contributed by atoms with E-state index in [9.17, 15) is 4.79 Å². The number of hydrogen-bond donors (Lipinski definition) is 1. The second kappa shape index (κ2) is 10.2. The summed E-state index contributed by atoms with van der Waals surface area (Å²) in [6.45, 7) is 0.455. The summed E-state index contributed by atoms with van der Waals surface area (Å²) >= 11 is 6.96. The van der Waals surface area contributed by atoms with Gasteiger partial charge in [0, 0.05) is 14.5 Å². The quantitative estimate of drug-likeness (QED) is 0.329. The first-order valence-corrected chi connectivity index (χ1v) is 10.3. The fourth-order valence-corrected chi connectivity index (χ4v) is 3.67. The van der Waals surface area contributed by atoms with E-state index < -0.39 is 0 Å². The first kappa shape index (κ1) is 21.1. The molecule has 0 fully saturated rings. The van der Waals surface area contributed by atoms with Crippen LogP contribution in [0, 0.1) is 0 Å². The highest BCUT2D eigenvalue weighted by atomic mass is 79.9. The van der Waals surface area contributed by atoms with Gasteiger partial charge in [0.2, 0.25) is 0 Å². The van der Waals surface area contributed by atoms with Crippen molar-refractivity contribution in [3.05, 3.63) is 92.4 Å². The van der Waals surface area contributed by atoms with Crippen molar-refractivity contribution in [1.82, 2.24) is 5.43 Å². The Balaban J connectivity index is 1.55. The second-order valence-electron chi connectivity index (χ2n) is 5.99. The van der Waals surface area contributed by atoms with Gasteiger partial charge < -0.3 is 9.47 Å². The van der Waals surface area contributed by atoms with E-state index in [4.69, 9.17) is 9.47 Å². The summed E-state index contributed by atoms with van der Waals surface area (Å²) in [5.41, 5.74) is 4.82. The lowest BCUT2D eigenvalue weighted by atomic mass is 10.2. The largest absolute Gasteiger partial charge is 0.496 e. The maximum absolute atomic E-state index is 12.2. The van der Waals surface area contributed by atoms with Crippen molar-refractivity contribution in [3.63, 3.8) is 0 Å². The Hall–Kier alpha value is -2.64. The number of rotatable bonds is 7. The van der Waals surface area contributed by atoms with Crippen molar-refractivity contribution in [2.24, 2.45) is 5.10 Å². The van der Waals surface area contributed by atoms with Gasteiger partial charge in [-0.25, -0.2) is 5.43 Å². The third kappa shape index (κ3) is 5.92. The molecule has 0 spiro atoms. The van der Waals surface area contributed by atoms with E-state index in [1.807, 2.05) is 42.5 Å². The average molecular weight is 518 g/mol. The molecule has 3 rings (SSSR count). The molecule has 0 aliphatic heterocycles. The van der Waals surface area contributed by atoms with Crippen LogP contribution in [0.4, 0.5) is 0 Å². The van der Waals surface area contributed by atoms with Gasteiger partial charge in [-0.15, -0.1) is 0 Å². The SMILES string of the molecule is COc1ccccc1C(=O)N/N=C\c1ccc(OCc2ccc(Br)cc2Br)cc1. The zero-order chi connectivity index (χ0) is 20.6. The van der Waals surface area contributed by atoms with E-state index in [-0.39, 0.29) is 5.91 Å². The number of ether oxygens (including phenoxy) is 2. The Morgan fingerprint density at radius 3 is 2.55 bits per heavy atom. The maximum Gasteiger partial charge on any atom is 0.275 e. The van der Waals surface area contributed by atoms with Crippen LogP contribution in [0.2, 0.25) is 0 Å². The predicted molar refractivity (Wildman–Crippen MR) is 121 cm³/mol. The smallest absolute Gasteiger partial charge is 0.275 e. The van der Waals surface area contributed by atoms with Crippen LogP contribution in [-0.4, -0.2) is 19.2 Å². The highest BCUT2D eigenvalue weighted by Gasteiger charge is 2.10. The standard InChI is InChI=1S/C22H18Br2N2O3/c1-28-21-5-3-2-4-19(21)22(27)26-25-13-15-6-10-18(11-7-15)29-14-16-8-9-17(23)12-20(16)24/h2-13H,14H2,1H3,(H,26,27)/b25-13-. The van der Waals surface area contributed by atoms with Crippen LogP contribution < -0.4 is 14.9 Å². The van der Waals surface area contributed by atoms with Gasteiger partial charge in [-0.1, -0.05) is 50.1 Å². The molecular weight excluding hydrogens is 500 g/mol. The lowest BCUT2D eigenvalue weighted by Gasteiger charge is -2.08. The van der Waals surface area contributed by atoms with E-state index in [1.54, 1.807) is 30.5 Å². The number of methoxy groups -OCH3 is 1. The molecule has 29 heavy (non-hydrogen) atoms. The first-order valence-electron chi connectivity index (χ1n) is 8.70. The Kier molecular flexibility index (Phi) is 7.43. The molecule has 0 radical (unpaired) electrons. The maximum atomic E-state index is 12.2. The number of benzene rings is 3. The molecule has 0 aliphatic carbocycles. The molecule has 0 aromatic heterocycles. The Labute approximate surface area is 186 Å². The van der Waals surface area contributed by atoms with Gasteiger partial charge in [-0.3, -0.25) is 4.79 Å². The van der Waals surface area contributed by atoms with Crippen molar-refractivity contribution in [1.29, 1.82) is 0 Å². The molecule has 1 amide bonds. The van der Waals surface area contributed by atoms with Crippen molar-refractivity contribution < 1.29 is 14.3 Å². The molecule has 0 bridgehead atoms. The Bertz CT molecular complexity index is 1020. The summed E-state index contributed by atoms with van der Waals surface area (Å²) in [6.07, 6.45) is 1.57. The number of halogens is 2. The van der Waals surface area contributed by atoms with Gasteiger partial charge in [0.15, 0.2) is 0 Å². The van der Waals surface area contributed by atoms with Gasteiger partial charge in [-0.2, -0.15) is 5.10 Å². The Morgan fingerprint density at radius 1 is 1.07 bits per heavy atom. The van der Waals surface area contributed by atoms with Crippen molar-refractivity contribution in [3.8, 4) is 11.5 Å². The van der Waals surface area contributed by atoms with Gasteiger partial charge in [0.05, 0.1) is 18.9 Å². The molecule has 0 saturated carbocycles. The fourth-order valence-electron chi connectivity index (χ4n) is 2.51. The number of nitrogens with zero attached hydrogens (tertiary/aromatic N) is 1. The number of hydrazone groups is 1. The van der Waals surface area contributed by atoms with Gasteiger partial charge in [0.1, 0.15) is 18.1 Å². The number of para-hydroxylation sites is 1. The summed E-state index contributed by atoms with van der Waals surface area (Å²) < 4.78 is 13.0. The van der Waals surface area contributed by atoms with Crippen LogP contribution in [0.1, 0.15) is 21.5 Å². The molecule has 0 aliphatic rings. The zero-order valence-corrected chi connectivity index (χ0v) is 18.7. The minimum atomic E-state index is -0.335. The summed E-state index contributed by atoms with van der Waals surface area (Å²) in [6, 6.07) is 20.4. The van der Waals surface area contributed by atoms with E-state index in [0.29, 0.717) is 17.9 Å². The molecule has 0 unspecified atom stereocenters. The molecule has 3 aromatic carbocycles. The Morgan fingerprint density at radius 2 is 1.83 bits per heavy atom. The fraction of sp³-hybridized carbons (Fsp3) is 0.0909. The zero-order valence-electron chi connectivity index (χ0n) is 15.6. The van der Waals surface area contributed by atoms with Crippen molar-refractivity contribution >= 4 is 44.0 Å². The monoisotopic (exact) mass is 516 g/mol. The normalized spacial score (nSPS) is 10.7. The number of carbonyl (C=O) groups is 1. The summed E-state index contributed by atoms with van der Waals surface area (Å²) in [5, 5.41) is 4.00. The molecule has 3 aromatic rings. The summed E-state index contributed by atoms with van der Waals surface area (Å²) in [4.78, 5) is 12.2. The highest BCUT2D eigenvalue weighted by Crippen LogP contribution is 2.23. The minimum Gasteiger partial charge on any atom is -0.496 e. The van der Waals surface area contributed by atoms with Crippen LogP contribution in [0.15, 0.2) is 80.8 Å². The molecule has 148 valence electrons. The predicted octanol–water partition coefficient (Wildman–Crippen LogP) is 5.56. The minimum absolute atomic E-state index is 0.335. The lowest BCUT2D eigenvalue weighted by Crippen LogP contribution is -2.18. The lowest BCUT2D eigenvalue weighted by molar-refractivity contribution is 0.0952. The molecule has 7 heteroatoms. The van der Waals surface area contributed by atoms with Crippen LogP contribution in [0.3, 0.4) is 0 Å². The third-order valence-corrected chi connectivity index (χ3v) is 5.25. The van der Waals surface area contributed by atoms with Gasteiger partial charge in [-0.05, 0) is 54.1 Å². The van der Waals surface area contributed by atoms with Crippen LogP contribution in [0.25, 0.3) is 0 Å². The molecule has 1 N–H and O–H groups in total. The summed E-state index contributed by atoms with van der Waals surface area (Å²) in [5.74, 6) is 0.910. The van der Waals surface area contributed by atoms with E-state index in [0.717, 1.165) is 25.8 Å². The molecular formula is C22H18Br2N2O3. The summed E-state index contributed by atoms with van der Waals surface area (Å²) in [7, 11) is 1.52.